The van der Waals surface area contributed by atoms with Gasteiger partial charge in [0.25, 0.3) is 0 Å². The molecule has 41 heavy (non-hydrogen) atoms. The van der Waals surface area contributed by atoms with Gasteiger partial charge in [0.2, 0.25) is 0 Å². The van der Waals surface area contributed by atoms with E-state index in [1.807, 2.05) is 0 Å². The second-order valence-corrected chi connectivity index (χ2v) is 16.5. The number of nitrogens with zero attached hydrogens (tertiary/aromatic N) is 1. The van der Waals surface area contributed by atoms with Crippen LogP contribution in [0.1, 0.15) is 86.0 Å². The quantitative estimate of drug-likeness (QED) is 0.489. The van der Waals surface area contributed by atoms with E-state index in [0.29, 0.717) is 47.2 Å². The minimum atomic E-state index is -0.605. The molecule has 1 N–H and O–H groups in total. The summed E-state index contributed by atoms with van der Waals surface area (Å²) in [5.74, 6) is 1.66. The zero-order valence-electron chi connectivity index (χ0n) is 25.8. The van der Waals surface area contributed by atoms with Crippen molar-refractivity contribution in [3.8, 4) is 0 Å². The fourth-order valence-electron chi connectivity index (χ4n) is 12.9. The SMILES string of the molecule is C[C@@H]1C[C](C=O)O[C]2C1[C@@]1(C)CCC34C[C@@]35CCC(O[C@H]3CN(C6COC6)CCO3)C(C)(C)[C@@H]5CC[C@H]4[C@]1(C)[C@H]2O. The van der Waals surface area contributed by atoms with E-state index in [-0.39, 0.29) is 34.6 Å². The molecule has 7 nitrogen and oxygen atoms in total. The first-order valence-electron chi connectivity index (χ1n) is 16.6. The van der Waals surface area contributed by atoms with Crippen molar-refractivity contribution in [1.82, 2.24) is 4.90 Å². The Kier molecular flexibility index (Phi) is 6.13. The number of ether oxygens (including phenoxy) is 4. The molecule has 3 unspecified atom stereocenters. The monoisotopic (exact) mass is 569 g/mol. The molecule has 0 aromatic rings. The van der Waals surface area contributed by atoms with Gasteiger partial charge in [-0.3, -0.25) is 9.69 Å². The van der Waals surface area contributed by atoms with Crippen molar-refractivity contribution < 1.29 is 28.8 Å². The molecule has 0 bridgehead atoms. The van der Waals surface area contributed by atoms with Crippen LogP contribution in [0.4, 0.5) is 0 Å². The van der Waals surface area contributed by atoms with Crippen LogP contribution >= 0.6 is 0 Å². The second-order valence-electron chi connectivity index (χ2n) is 16.5. The summed E-state index contributed by atoms with van der Waals surface area (Å²) in [6.45, 7) is 16.3. The lowest BCUT2D eigenvalue weighted by atomic mass is 9.41. The summed E-state index contributed by atoms with van der Waals surface area (Å²) in [4.78, 5) is 14.2. The Labute approximate surface area is 246 Å². The summed E-state index contributed by atoms with van der Waals surface area (Å²) in [5.41, 5.74) is 0.519. The van der Waals surface area contributed by atoms with Gasteiger partial charge >= 0.3 is 0 Å². The number of hydrogen-bond acceptors (Lipinski definition) is 7. The van der Waals surface area contributed by atoms with Crippen molar-refractivity contribution in [2.45, 2.75) is 111 Å². The summed E-state index contributed by atoms with van der Waals surface area (Å²) in [5, 5.41) is 12.1. The molecule has 8 rings (SSSR count). The zero-order chi connectivity index (χ0) is 28.6. The molecular formula is C34H51NO6. The number of aliphatic hydroxyl groups excluding tert-OH is 1. The molecule has 8 aliphatic rings. The summed E-state index contributed by atoms with van der Waals surface area (Å²) >= 11 is 0. The van der Waals surface area contributed by atoms with E-state index < -0.39 is 6.10 Å². The first-order chi connectivity index (χ1) is 19.5. The van der Waals surface area contributed by atoms with Gasteiger partial charge in [-0.25, -0.2) is 0 Å². The molecule has 0 aromatic heterocycles. The van der Waals surface area contributed by atoms with Gasteiger partial charge in [-0.15, -0.1) is 0 Å². The van der Waals surface area contributed by atoms with Gasteiger partial charge in [-0.1, -0.05) is 34.6 Å². The largest absolute Gasteiger partial charge is 0.389 e. The van der Waals surface area contributed by atoms with Gasteiger partial charge in [0.05, 0.1) is 44.6 Å². The highest BCUT2D eigenvalue weighted by molar-refractivity contribution is 5.66. The van der Waals surface area contributed by atoms with Crippen LogP contribution in [0.25, 0.3) is 0 Å². The molecule has 0 amide bonds. The van der Waals surface area contributed by atoms with Gasteiger partial charge in [0.1, 0.15) is 6.10 Å². The molecule has 5 saturated carbocycles. The van der Waals surface area contributed by atoms with Gasteiger partial charge in [-0.2, -0.15) is 0 Å². The van der Waals surface area contributed by atoms with E-state index in [4.69, 9.17) is 18.9 Å². The molecule has 0 aromatic carbocycles. The number of aliphatic hydroxyl groups is 1. The Hall–Kier alpha value is -0.570. The van der Waals surface area contributed by atoms with Crippen LogP contribution in [0.3, 0.4) is 0 Å². The topological polar surface area (TPSA) is 77.5 Å². The van der Waals surface area contributed by atoms with Crippen LogP contribution in [0.2, 0.25) is 0 Å². The van der Waals surface area contributed by atoms with E-state index in [1.165, 1.54) is 32.1 Å². The molecule has 8 fully saturated rings. The fourth-order valence-corrected chi connectivity index (χ4v) is 12.9. The predicted molar refractivity (Wildman–Crippen MR) is 152 cm³/mol. The minimum absolute atomic E-state index is 0.00633. The molecule has 3 aliphatic heterocycles. The summed E-state index contributed by atoms with van der Waals surface area (Å²) in [7, 11) is 0. The molecule has 228 valence electrons. The van der Waals surface area contributed by atoms with Crippen molar-refractivity contribution >= 4 is 6.29 Å². The molecule has 11 atom stereocenters. The average Bonchev–Trinajstić information content (AvgIpc) is 3.54. The highest BCUT2D eigenvalue weighted by Crippen LogP contribution is 2.89. The van der Waals surface area contributed by atoms with E-state index in [9.17, 15) is 9.90 Å². The van der Waals surface area contributed by atoms with Crippen molar-refractivity contribution in [1.29, 1.82) is 0 Å². The van der Waals surface area contributed by atoms with Crippen LogP contribution in [0.5, 0.6) is 0 Å². The number of carbonyl (C=O) groups is 1. The van der Waals surface area contributed by atoms with E-state index in [1.54, 1.807) is 0 Å². The minimum Gasteiger partial charge on any atom is -0.389 e. The van der Waals surface area contributed by atoms with Gasteiger partial charge < -0.3 is 24.1 Å². The number of morpholine rings is 1. The molecule has 2 radical (unpaired) electrons. The third-order valence-corrected chi connectivity index (χ3v) is 15.0. The Morgan fingerprint density at radius 3 is 2.51 bits per heavy atom. The molecule has 5 aliphatic carbocycles. The van der Waals surface area contributed by atoms with Crippen molar-refractivity contribution in [3.05, 3.63) is 12.2 Å². The first kappa shape index (κ1) is 27.9. The maximum atomic E-state index is 12.1. The first-order valence-corrected chi connectivity index (χ1v) is 16.6. The van der Waals surface area contributed by atoms with Crippen LogP contribution in [-0.2, 0) is 23.7 Å². The lowest BCUT2D eigenvalue weighted by Gasteiger charge is -2.63. The number of rotatable bonds is 4. The summed E-state index contributed by atoms with van der Waals surface area (Å²) < 4.78 is 24.7. The van der Waals surface area contributed by atoms with Gasteiger partial charge in [-0.05, 0) is 90.8 Å². The van der Waals surface area contributed by atoms with Crippen molar-refractivity contribution in [2.75, 3.05) is 32.9 Å². The fraction of sp³-hybridized carbons (Fsp3) is 0.912. The number of carbonyl (C=O) groups excluding carboxylic acids is 1. The maximum Gasteiger partial charge on any atom is 0.170 e. The highest BCUT2D eigenvalue weighted by atomic mass is 16.7. The zero-order valence-corrected chi connectivity index (χ0v) is 25.8. The molecule has 7 heteroatoms. The Balaban J connectivity index is 1.04. The van der Waals surface area contributed by atoms with Crippen molar-refractivity contribution in [2.24, 2.45) is 50.7 Å². The van der Waals surface area contributed by atoms with Gasteiger partial charge in [0.15, 0.2) is 18.7 Å². The van der Waals surface area contributed by atoms with E-state index >= 15 is 0 Å². The Bertz CT molecular complexity index is 1080. The Morgan fingerprint density at radius 2 is 1.78 bits per heavy atom. The molecule has 3 saturated heterocycles. The van der Waals surface area contributed by atoms with Crippen LogP contribution in [0, 0.1) is 63.0 Å². The second kappa shape index (κ2) is 9.00. The number of fused-ring (bicyclic) bond motifs is 4. The molecule has 2 spiro atoms. The van der Waals surface area contributed by atoms with Gasteiger partial charge in [0, 0.05) is 17.9 Å². The normalized spacial score (nSPS) is 55.1. The highest BCUT2D eigenvalue weighted by Gasteiger charge is 2.84. The van der Waals surface area contributed by atoms with Crippen molar-refractivity contribution in [3.63, 3.8) is 0 Å². The van der Waals surface area contributed by atoms with E-state index in [0.717, 1.165) is 58.1 Å². The van der Waals surface area contributed by atoms with Crippen LogP contribution in [0.15, 0.2) is 0 Å². The van der Waals surface area contributed by atoms with Crippen LogP contribution < -0.4 is 0 Å². The number of aldehydes is 1. The maximum absolute atomic E-state index is 12.1. The summed E-state index contributed by atoms with van der Waals surface area (Å²) in [6.07, 6.45) is 10.7. The lowest BCUT2D eigenvalue weighted by molar-refractivity contribution is -0.256. The standard InChI is InChI=1S/C34H51NO6/c1-20-14-22(16-36)40-28-27(20)31(4)10-11-34-19-33(34)9-8-25(41-26-15-35(12-13-39-26)21-17-38-18-21)30(2,3)23(33)6-7-24(34)32(31,5)29(28)37/h16,20-21,23-27,29,37H,6-15,17-19H2,1-5H3/t20-,23+,24+,25?,26+,27?,29+,31-,32-,33-,34?/m1/s1. The third-order valence-electron chi connectivity index (χ3n) is 15.0. The predicted octanol–water partition coefficient (Wildman–Crippen LogP) is 4.77. The van der Waals surface area contributed by atoms with E-state index in [2.05, 4.69) is 39.5 Å². The van der Waals surface area contributed by atoms with Crippen LogP contribution in [-0.4, -0.2) is 73.7 Å². The Morgan fingerprint density at radius 1 is 1.02 bits per heavy atom. The third kappa shape index (κ3) is 3.40. The number of hydrogen-bond donors (Lipinski definition) is 1. The average molecular weight is 570 g/mol. The smallest absolute Gasteiger partial charge is 0.170 e. The lowest BCUT2D eigenvalue weighted by Crippen LogP contribution is -2.60. The molecular weight excluding hydrogens is 518 g/mol. The molecule has 3 heterocycles. The summed E-state index contributed by atoms with van der Waals surface area (Å²) in [6, 6.07) is 0.525.